The summed E-state index contributed by atoms with van der Waals surface area (Å²) < 4.78 is 0. The zero-order chi connectivity index (χ0) is 7.68. The molecule has 1 radical (unpaired) electrons. The molecule has 1 saturated heterocycles. The van der Waals surface area contributed by atoms with Gasteiger partial charge in [-0.3, -0.25) is 10.1 Å². The molecule has 11 heavy (non-hydrogen) atoms. The maximum Gasteiger partial charge on any atom is 0.257 e. The molecule has 2 rings (SSSR count). The van der Waals surface area contributed by atoms with Crippen molar-refractivity contribution in [2.75, 3.05) is 6.54 Å². The van der Waals surface area contributed by atoms with E-state index in [2.05, 4.69) is 10.6 Å². The zero-order valence-electron chi connectivity index (χ0n) is 5.78. The maximum absolute atomic E-state index is 10.7. The van der Waals surface area contributed by atoms with Crippen LogP contribution in [-0.2, 0) is 4.79 Å². The topological polar surface area (TPSA) is 43.2 Å². The van der Waals surface area contributed by atoms with E-state index < -0.39 is 0 Å². The van der Waals surface area contributed by atoms with Crippen LogP contribution in [-0.4, -0.2) is 12.5 Å². The van der Waals surface area contributed by atoms with E-state index in [4.69, 9.17) is 0 Å². The molecule has 1 amide bonds. The Balaban J connectivity index is 2.13. The molecule has 3 nitrogen and oxygen atoms in total. The molecule has 0 spiro atoms. The van der Waals surface area contributed by atoms with Crippen LogP contribution in [0.3, 0.4) is 0 Å². The summed E-state index contributed by atoms with van der Waals surface area (Å²) in [5.41, 5.74) is 1.08. The highest BCUT2D eigenvalue weighted by molar-refractivity contribution is 7.07. The Morgan fingerprint density at radius 1 is 1.73 bits per heavy atom. The standard InChI is InChI=1S/C7H7N2OS/c10-6-3-8-7(9-6)5-1-2-11-4-5/h1-2,4,7-8H,3H2. The summed E-state index contributed by atoms with van der Waals surface area (Å²) in [4.78, 5) is 10.7. The Hall–Kier alpha value is -0.870. The average molecular weight is 167 g/mol. The summed E-state index contributed by atoms with van der Waals surface area (Å²) in [6, 6.07) is 1.98. The van der Waals surface area contributed by atoms with Gasteiger partial charge >= 0.3 is 0 Å². The number of nitrogens with zero attached hydrogens (tertiary/aromatic N) is 1. The van der Waals surface area contributed by atoms with Crippen LogP contribution in [0.1, 0.15) is 11.7 Å². The number of rotatable bonds is 1. The predicted octanol–water partition coefficient (Wildman–Crippen LogP) is 0.481. The van der Waals surface area contributed by atoms with Gasteiger partial charge in [0.25, 0.3) is 5.91 Å². The van der Waals surface area contributed by atoms with Crippen molar-refractivity contribution in [1.29, 1.82) is 0 Å². The van der Waals surface area contributed by atoms with E-state index >= 15 is 0 Å². The molecule has 4 heteroatoms. The molecule has 1 aromatic rings. The van der Waals surface area contributed by atoms with Gasteiger partial charge in [-0.15, -0.1) is 0 Å². The summed E-state index contributed by atoms with van der Waals surface area (Å²) in [6.45, 7) is 0.376. The molecule has 1 aromatic heterocycles. The number of amides is 1. The van der Waals surface area contributed by atoms with Crippen molar-refractivity contribution in [3.8, 4) is 0 Å². The number of carbonyl (C=O) groups excluding carboxylic acids is 1. The molecule has 57 valence electrons. The van der Waals surface area contributed by atoms with Crippen LogP contribution >= 0.6 is 11.3 Å². The largest absolute Gasteiger partial charge is 0.283 e. The zero-order valence-corrected chi connectivity index (χ0v) is 6.60. The van der Waals surface area contributed by atoms with Gasteiger partial charge in [0.1, 0.15) is 6.17 Å². The lowest BCUT2D eigenvalue weighted by atomic mass is 10.3. The van der Waals surface area contributed by atoms with Crippen molar-refractivity contribution >= 4 is 17.2 Å². The van der Waals surface area contributed by atoms with Gasteiger partial charge in [-0.05, 0) is 16.8 Å². The van der Waals surface area contributed by atoms with E-state index in [0.717, 1.165) is 5.56 Å². The van der Waals surface area contributed by atoms with Gasteiger partial charge in [0.05, 0.1) is 6.54 Å². The van der Waals surface area contributed by atoms with Crippen molar-refractivity contribution in [2.24, 2.45) is 0 Å². The van der Waals surface area contributed by atoms with Crippen LogP contribution < -0.4 is 10.6 Å². The molecule has 2 heterocycles. The van der Waals surface area contributed by atoms with Gasteiger partial charge in [-0.1, -0.05) is 0 Å². The van der Waals surface area contributed by atoms with Crippen molar-refractivity contribution in [3.63, 3.8) is 0 Å². The predicted molar refractivity (Wildman–Crippen MR) is 42.2 cm³/mol. The Morgan fingerprint density at radius 3 is 3.18 bits per heavy atom. The van der Waals surface area contributed by atoms with Gasteiger partial charge < -0.3 is 0 Å². The van der Waals surface area contributed by atoms with E-state index in [1.165, 1.54) is 0 Å². The Morgan fingerprint density at radius 2 is 2.64 bits per heavy atom. The Bertz CT molecular complexity index is 257. The number of nitrogens with one attached hydrogen (secondary N) is 1. The Kier molecular flexibility index (Phi) is 1.63. The molecule has 1 aliphatic heterocycles. The van der Waals surface area contributed by atoms with Crippen LogP contribution in [0.15, 0.2) is 16.8 Å². The summed E-state index contributed by atoms with van der Waals surface area (Å²) in [6.07, 6.45) is -0.0891. The summed E-state index contributed by atoms with van der Waals surface area (Å²) in [5.74, 6) is -0.0544. The van der Waals surface area contributed by atoms with Gasteiger partial charge in [0.2, 0.25) is 0 Å². The van der Waals surface area contributed by atoms with E-state index in [9.17, 15) is 4.79 Å². The number of carbonyl (C=O) groups is 1. The quantitative estimate of drug-likeness (QED) is 0.661. The van der Waals surface area contributed by atoms with Crippen LogP contribution in [0, 0.1) is 0 Å². The number of thiophene rings is 1. The lowest BCUT2D eigenvalue weighted by Crippen LogP contribution is -2.16. The SMILES string of the molecule is O=C1CNC(c2ccsc2)[N]1. The van der Waals surface area contributed by atoms with Gasteiger partial charge in [-0.25, -0.2) is 5.32 Å². The van der Waals surface area contributed by atoms with E-state index in [0.29, 0.717) is 6.54 Å². The Labute approximate surface area is 68.4 Å². The van der Waals surface area contributed by atoms with Gasteiger partial charge in [0.15, 0.2) is 0 Å². The fourth-order valence-electron chi connectivity index (χ4n) is 1.04. The minimum atomic E-state index is -0.0891. The van der Waals surface area contributed by atoms with Crippen LogP contribution in [0.4, 0.5) is 0 Å². The number of hydrogen-bond donors (Lipinski definition) is 1. The molecule has 0 saturated carbocycles. The third kappa shape index (κ3) is 1.27. The third-order valence-electron chi connectivity index (χ3n) is 1.58. The summed E-state index contributed by atoms with van der Waals surface area (Å²) in [5, 5.41) is 10.9. The maximum atomic E-state index is 10.7. The normalized spacial score (nSPS) is 23.6. The first-order valence-corrected chi connectivity index (χ1v) is 4.30. The fraction of sp³-hybridized carbons (Fsp3) is 0.286. The van der Waals surface area contributed by atoms with Gasteiger partial charge in [-0.2, -0.15) is 11.3 Å². The second kappa shape index (κ2) is 2.64. The van der Waals surface area contributed by atoms with E-state index in [-0.39, 0.29) is 12.1 Å². The monoisotopic (exact) mass is 167 g/mol. The molecule has 0 aliphatic carbocycles. The van der Waals surface area contributed by atoms with E-state index in [1.54, 1.807) is 11.3 Å². The first kappa shape index (κ1) is 6.82. The van der Waals surface area contributed by atoms with Crippen molar-refractivity contribution < 1.29 is 4.79 Å². The van der Waals surface area contributed by atoms with Crippen LogP contribution in [0.25, 0.3) is 0 Å². The van der Waals surface area contributed by atoms with Crippen molar-refractivity contribution in [3.05, 3.63) is 22.4 Å². The highest BCUT2D eigenvalue weighted by Crippen LogP contribution is 2.16. The first-order valence-electron chi connectivity index (χ1n) is 3.35. The van der Waals surface area contributed by atoms with Gasteiger partial charge in [0, 0.05) is 5.56 Å². The van der Waals surface area contributed by atoms with Crippen LogP contribution in [0.5, 0.6) is 0 Å². The third-order valence-corrected chi connectivity index (χ3v) is 2.28. The average Bonchev–Trinajstić information content (AvgIpc) is 2.55. The van der Waals surface area contributed by atoms with Crippen molar-refractivity contribution in [2.45, 2.75) is 6.17 Å². The summed E-state index contributed by atoms with van der Waals surface area (Å²) >= 11 is 1.62. The molecular weight excluding hydrogens is 160 g/mol. The second-order valence-electron chi connectivity index (χ2n) is 2.36. The molecule has 0 bridgehead atoms. The second-order valence-corrected chi connectivity index (χ2v) is 3.14. The summed E-state index contributed by atoms with van der Waals surface area (Å²) in [7, 11) is 0. The van der Waals surface area contributed by atoms with E-state index in [1.807, 2.05) is 16.8 Å². The smallest absolute Gasteiger partial charge is 0.257 e. The molecule has 1 aliphatic rings. The highest BCUT2D eigenvalue weighted by Gasteiger charge is 2.23. The molecule has 1 fully saturated rings. The lowest BCUT2D eigenvalue weighted by molar-refractivity contribution is -0.118. The molecule has 1 atom stereocenters. The molecule has 0 aromatic carbocycles. The molecule has 1 N–H and O–H groups in total. The van der Waals surface area contributed by atoms with Crippen LogP contribution in [0.2, 0.25) is 0 Å². The first-order chi connectivity index (χ1) is 5.36. The lowest BCUT2D eigenvalue weighted by Gasteiger charge is -2.03. The fourth-order valence-corrected chi connectivity index (χ4v) is 1.72. The van der Waals surface area contributed by atoms with Crippen molar-refractivity contribution in [1.82, 2.24) is 10.6 Å². The molecule has 1 unspecified atom stereocenters. The molecular formula is C7H7N2OS. The minimum Gasteiger partial charge on any atom is -0.283 e. The highest BCUT2D eigenvalue weighted by atomic mass is 32.1. The number of hydrogen-bond acceptors (Lipinski definition) is 3. The minimum absolute atomic E-state index is 0.0544.